The lowest BCUT2D eigenvalue weighted by Crippen LogP contribution is -2.55. The molecule has 0 atom stereocenters. The summed E-state index contributed by atoms with van der Waals surface area (Å²) in [5.74, 6) is 0. The number of likely N-dealkylation sites (tertiary alicyclic amines) is 1. The molecule has 1 amide bonds. The third-order valence-electron chi connectivity index (χ3n) is 3.18. The second kappa shape index (κ2) is 6.06. The summed E-state index contributed by atoms with van der Waals surface area (Å²) in [6.45, 7) is 7.60. The van der Waals surface area contributed by atoms with Crippen LogP contribution in [0.5, 0.6) is 0 Å². The average Bonchev–Trinajstić information content (AvgIpc) is 2.31. The van der Waals surface area contributed by atoms with E-state index < -0.39 is 0 Å². The molecule has 2 rings (SSSR count). The second-order valence-electron chi connectivity index (χ2n) is 5.19. The highest BCUT2D eigenvalue weighted by Crippen LogP contribution is 2.16. The van der Waals surface area contributed by atoms with E-state index in [1.54, 1.807) is 4.90 Å². The van der Waals surface area contributed by atoms with E-state index in [1.807, 2.05) is 45.0 Å². The Kier molecular flexibility index (Phi) is 4.43. The van der Waals surface area contributed by atoms with Crippen molar-refractivity contribution in [3.63, 3.8) is 0 Å². The van der Waals surface area contributed by atoms with Crippen LogP contribution in [0.25, 0.3) is 0 Å². The summed E-state index contributed by atoms with van der Waals surface area (Å²) in [5.41, 5.74) is 2.19. The minimum atomic E-state index is -0.258. The second-order valence-corrected chi connectivity index (χ2v) is 5.19. The quantitative estimate of drug-likeness (QED) is 0.838. The van der Waals surface area contributed by atoms with Crippen molar-refractivity contribution < 1.29 is 14.3 Å². The van der Waals surface area contributed by atoms with Crippen molar-refractivity contribution in [1.29, 1.82) is 0 Å². The molecule has 1 aliphatic rings. The largest absolute Gasteiger partial charge is 0.445 e. The van der Waals surface area contributed by atoms with Gasteiger partial charge in [-0.25, -0.2) is 4.79 Å². The van der Waals surface area contributed by atoms with Gasteiger partial charge in [0.05, 0.1) is 25.3 Å². The molecule has 0 aromatic heterocycles. The fraction of sp³-hybridized carbons (Fsp3) is 0.533. The monoisotopic (exact) mass is 263 g/mol. The number of aryl methyl sites for hydroxylation is 1. The fourth-order valence-corrected chi connectivity index (χ4v) is 2.06. The highest BCUT2D eigenvalue weighted by atomic mass is 16.6. The zero-order valence-corrected chi connectivity index (χ0v) is 11.8. The van der Waals surface area contributed by atoms with Crippen LogP contribution >= 0.6 is 0 Å². The summed E-state index contributed by atoms with van der Waals surface area (Å²) in [5, 5.41) is 0. The van der Waals surface area contributed by atoms with Gasteiger partial charge in [0.25, 0.3) is 0 Å². The van der Waals surface area contributed by atoms with Gasteiger partial charge in [-0.2, -0.15) is 0 Å². The highest BCUT2D eigenvalue weighted by molar-refractivity contribution is 5.68. The van der Waals surface area contributed by atoms with Gasteiger partial charge in [-0.15, -0.1) is 0 Å². The van der Waals surface area contributed by atoms with Crippen LogP contribution in [0.1, 0.15) is 25.0 Å². The van der Waals surface area contributed by atoms with Crippen LogP contribution in [0.15, 0.2) is 24.3 Å². The zero-order valence-electron chi connectivity index (χ0n) is 11.8. The fourth-order valence-electron chi connectivity index (χ4n) is 2.06. The number of nitrogens with zero attached hydrogens (tertiary/aromatic N) is 1. The van der Waals surface area contributed by atoms with Crippen LogP contribution in [0.3, 0.4) is 0 Å². The molecule has 1 aromatic rings. The van der Waals surface area contributed by atoms with Gasteiger partial charge in [0.2, 0.25) is 0 Å². The smallest absolute Gasteiger partial charge is 0.410 e. The Balaban J connectivity index is 1.73. The molecule has 0 spiro atoms. The van der Waals surface area contributed by atoms with E-state index in [-0.39, 0.29) is 18.3 Å². The van der Waals surface area contributed by atoms with Crippen molar-refractivity contribution in [3.05, 3.63) is 35.4 Å². The summed E-state index contributed by atoms with van der Waals surface area (Å²) in [7, 11) is 0. The molecule has 104 valence electrons. The Bertz CT molecular complexity index is 439. The molecule has 0 aliphatic carbocycles. The molecule has 1 saturated heterocycles. The summed E-state index contributed by atoms with van der Waals surface area (Å²) >= 11 is 0. The molecular weight excluding hydrogens is 242 g/mol. The first-order chi connectivity index (χ1) is 9.06. The van der Waals surface area contributed by atoms with Crippen LogP contribution in [-0.2, 0) is 16.1 Å². The van der Waals surface area contributed by atoms with Gasteiger partial charge in [-0.1, -0.05) is 24.3 Å². The normalized spacial score (nSPS) is 15.5. The van der Waals surface area contributed by atoms with Crippen molar-refractivity contribution in [2.24, 2.45) is 0 Å². The molecule has 4 nitrogen and oxygen atoms in total. The van der Waals surface area contributed by atoms with E-state index >= 15 is 0 Å². The Morgan fingerprint density at radius 1 is 1.37 bits per heavy atom. The summed E-state index contributed by atoms with van der Waals surface area (Å²) in [4.78, 5) is 13.5. The summed E-state index contributed by atoms with van der Waals surface area (Å²) in [6, 6.07) is 7.92. The predicted molar refractivity (Wildman–Crippen MR) is 72.9 cm³/mol. The number of ether oxygens (including phenoxy) is 2. The SMILES string of the molecule is Cc1ccccc1COC(=O)N1CC(OC(C)C)C1. The number of hydrogen-bond acceptors (Lipinski definition) is 3. The number of benzene rings is 1. The molecule has 1 aromatic carbocycles. The van der Waals surface area contributed by atoms with Crippen LogP contribution in [0, 0.1) is 6.92 Å². The first-order valence-corrected chi connectivity index (χ1v) is 6.68. The van der Waals surface area contributed by atoms with Gasteiger partial charge >= 0.3 is 6.09 Å². The van der Waals surface area contributed by atoms with Crippen molar-refractivity contribution in [1.82, 2.24) is 4.90 Å². The molecule has 0 saturated carbocycles. The van der Waals surface area contributed by atoms with E-state index in [0.29, 0.717) is 19.7 Å². The lowest BCUT2D eigenvalue weighted by Gasteiger charge is -2.38. The van der Waals surface area contributed by atoms with Crippen LogP contribution < -0.4 is 0 Å². The Morgan fingerprint density at radius 2 is 2.05 bits per heavy atom. The highest BCUT2D eigenvalue weighted by Gasteiger charge is 2.32. The molecule has 0 bridgehead atoms. The number of rotatable bonds is 4. The Morgan fingerprint density at radius 3 is 2.68 bits per heavy atom. The maximum absolute atomic E-state index is 11.8. The first-order valence-electron chi connectivity index (χ1n) is 6.68. The summed E-state index contributed by atoms with van der Waals surface area (Å²) < 4.78 is 10.9. The van der Waals surface area contributed by atoms with E-state index in [4.69, 9.17) is 9.47 Å². The average molecular weight is 263 g/mol. The topological polar surface area (TPSA) is 38.8 Å². The molecule has 1 heterocycles. The number of hydrogen-bond donors (Lipinski definition) is 0. The van der Waals surface area contributed by atoms with Crippen LogP contribution in [0.4, 0.5) is 4.79 Å². The van der Waals surface area contributed by atoms with E-state index in [2.05, 4.69) is 0 Å². The standard InChI is InChI=1S/C15H21NO3/c1-11(2)19-14-8-16(9-14)15(17)18-10-13-7-5-4-6-12(13)3/h4-7,11,14H,8-10H2,1-3H3. The lowest BCUT2D eigenvalue weighted by molar-refractivity contribution is -0.0752. The minimum Gasteiger partial charge on any atom is -0.445 e. The molecule has 0 N–H and O–H groups in total. The van der Waals surface area contributed by atoms with Gasteiger partial charge < -0.3 is 14.4 Å². The number of amides is 1. The van der Waals surface area contributed by atoms with Crippen molar-refractivity contribution in [2.75, 3.05) is 13.1 Å². The number of carbonyl (C=O) groups is 1. The first kappa shape index (κ1) is 13.9. The maximum atomic E-state index is 11.8. The van der Waals surface area contributed by atoms with Crippen molar-refractivity contribution in [3.8, 4) is 0 Å². The zero-order chi connectivity index (χ0) is 13.8. The Hall–Kier alpha value is -1.55. The van der Waals surface area contributed by atoms with Crippen LogP contribution in [-0.4, -0.2) is 36.3 Å². The molecule has 0 unspecified atom stereocenters. The molecule has 0 radical (unpaired) electrons. The lowest BCUT2D eigenvalue weighted by atomic mass is 10.1. The van der Waals surface area contributed by atoms with Gasteiger partial charge in [0, 0.05) is 0 Å². The van der Waals surface area contributed by atoms with Gasteiger partial charge in [-0.05, 0) is 31.9 Å². The van der Waals surface area contributed by atoms with E-state index in [1.165, 1.54) is 0 Å². The third-order valence-corrected chi connectivity index (χ3v) is 3.18. The Labute approximate surface area is 114 Å². The van der Waals surface area contributed by atoms with E-state index in [0.717, 1.165) is 11.1 Å². The minimum absolute atomic E-state index is 0.158. The van der Waals surface area contributed by atoms with Gasteiger partial charge in [0.1, 0.15) is 6.61 Å². The third kappa shape index (κ3) is 3.70. The molecule has 19 heavy (non-hydrogen) atoms. The van der Waals surface area contributed by atoms with E-state index in [9.17, 15) is 4.79 Å². The van der Waals surface area contributed by atoms with Crippen LogP contribution in [0.2, 0.25) is 0 Å². The van der Waals surface area contributed by atoms with Crippen molar-refractivity contribution in [2.45, 2.75) is 39.6 Å². The molecule has 1 fully saturated rings. The number of carbonyl (C=O) groups excluding carboxylic acids is 1. The summed E-state index contributed by atoms with van der Waals surface area (Å²) in [6.07, 6.45) is 0.105. The molecular formula is C15H21NO3. The van der Waals surface area contributed by atoms with Gasteiger partial charge in [-0.3, -0.25) is 0 Å². The van der Waals surface area contributed by atoms with Crippen molar-refractivity contribution >= 4 is 6.09 Å². The molecule has 4 heteroatoms. The molecule has 1 aliphatic heterocycles. The maximum Gasteiger partial charge on any atom is 0.410 e. The predicted octanol–water partition coefficient (Wildman–Crippen LogP) is 2.74. The van der Waals surface area contributed by atoms with Gasteiger partial charge in [0.15, 0.2) is 0 Å².